The molecular formula is C40H51N5O9Si. The Morgan fingerprint density at radius 2 is 1.78 bits per heavy atom. The third-order valence-corrected chi connectivity index (χ3v) is 13.2. The molecule has 0 spiro atoms. The van der Waals surface area contributed by atoms with Gasteiger partial charge in [-0.1, -0.05) is 26.1 Å². The SMILES string of the molecule is CCC1(OC(=O)CCCNC(=O)OC(C)(C)C)C(=O)OC(N)c2c1cc1n(c2=O)Cc2c-1nc1ccc(C(=O)OC(C)(C)C)cc1c2[Si](C)(C)CCCC#N. The third kappa shape index (κ3) is 8.45. The smallest absolute Gasteiger partial charge is 0.407 e. The van der Waals surface area contributed by atoms with Gasteiger partial charge < -0.3 is 28.8 Å². The average molecular weight is 774 g/mol. The van der Waals surface area contributed by atoms with E-state index in [1.54, 1.807) is 77.3 Å². The van der Waals surface area contributed by atoms with Crippen molar-refractivity contribution in [3.8, 4) is 17.5 Å². The van der Waals surface area contributed by atoms with Gasteiger partial charge in [0.1, 0.15) is 11.2 Å². The van der Waals surface area contributed by atoms with Crippen molar-refractivity contribution in [3.05, 3.63) is 56.9 Å². The summed E-state index contributed by atoms with van der Waals surface area (Å²) in [5.41, 5.74) is 5.34. The molecule has 4 heterocycles. The molecule has 0 aliphatic carbocycles. The number of hydrogen-bond acceptors (Lipinski definition) is 12. The Bertz CT molecular complexity index is 2160. The van der Waals surface area contributed by atoms with Crippen molar-refractivity contribution in [2.24, 2.45) is 5.73 Å². The molecule has 55 heavy (non-hydrogen) atoms. The highest BCUT2D eigenvalue weighted by Gasteiger charge is 2.52. The number of fused-ring (bicyclic) bond motifs is 5. The Morgan fingerprint density at radius 1 is 1.09 bits per heavy atom. The molecule has 5 rings (SSSR count). The number of esters is 3. The molecule has 3 aromatic rings. The monoisotopic (exact) mass is 773 g/mol. The molecule has 294 valence electrons. The second kappa shape index (κ2) is 15.2. The second-order valence-corrected chi connectivity index (χ2v) is 21.5. The first-order valence-electron chi connectivity index (χ1n) is 18.6. The van der Waals surface area contributed by atoms with E-state index in [9.17, 15) is 29.2 Å². The Hall–Kier alpha value is -5.07. The van der Waals surface area contributed by atoms with E-state index in [-0.39, 0.29) is 43.5 Å². The molecule has 1 aromatic carbocycles. The van der Waals surface area contributed by atoms with Crippen LogP contribution in [0.25, 0.3) is 22.3 Å². The highest BCUT2D eigenvalue weighted by atomic mass is 28.3. The van der Waals surface area contributed by atoms with Crippen LogP contribution >= 0.6 is 0 Å². The Labute approximate surface area is 321 Å². The zero-order valence-electron chi connectivity index (χ0n) is 33.1. The van der Waals surface area contributed by atoms with Crippen LogP contribution in [0.15, 0.2) is 29.1 Å². The van der Waals surface area contributed by atoms with Crippen molar-refractivity contribution in [2.75, 3.05) is 6.54 Å². The van der Waals surface area contributed by atoms with Gasteiger partial charge in [0.25, 0.3) is 5.56 Å². The summed E-state index contributed by atoms with van der Waals surface area (Å²) in [6.45, 7) is 16.9. The molecule has 0 fully saturated rings. The van der Waals surface area contributed by atoms with Crippen LogP contribution in [0.4, 0.5) is 4.79 Å². The highest BCUT2D eigenvalue weighted by molar-refractivity contribution is 6.91. The number of nitrogens with one attached hydrogen (secondary N) is 1. The van der Waals surface area contributed by atoms with Gasteiger partial charge in [-0.15, -0.1) is 0 Å². The number of nitrogens with zero attached hydrogens (tertiary/aromatic N) is 3. The summed E-state index contributed by atoms with van der Waals surface area (Å²) >= 11 is 0. The molecule has 2 atom stereocenters. The van der Waals surface area contributed by atoms with Crippen LogP contribution in [-0.2, 0) is 40.7 Å². The van der Waals surface area contributed by atoms with Gasteiger partial charge in [0.2, 0.25) is 5.60 Å². The van der Waals surface area contributed by atoms with Crippen molar-refractivity contribution in [1.29, 1.82) is 5.26 Å². The van der Waals surface area contributed by atoms with Gasteiger partial charge in [-0.05, 0) is 95.8 Å². The Balaban J connectivity index is 1.60. The topological polar surface area (TPSA) is 202 Å². The van der Waals surface area contributed by atoms with Gasteiger partial charge in [0.15, 0.2) is 6.23 Å². The standard InChI is InChI=1S/C40H51N5O9Si/c1-10-40(52-29(46)14-13-18-43-37(50)54-39(5,6)7)26-21-28-31-25(22-45(28)34(47)30(26)33(42)51-36(40)49)32(55(8,9)19-12-11-17-41)24-20-23(15-16-27(24)44-31)35(48)53-38(2,3)4/h15-16,20-21,33H,10-14,18-19,22,42H2,1-9H3,(H,43,50). The summed E-state index contributed by atoms with van der Waals surface area (Å²) in [4.78, 5) is 71.8. The zero-order valence-corrected chi connectivity index (χ0v) is 34.1. The molecule has 0 bridgehead atoms. The summed E-state index contributed by atoms with van der Waals surface area (Å²) < 4.78 is 23.9. The maximum absolute atomic E-state index is 14.5. The van der Waals surface area contributed by atoms with E-state index in [4.69, 9.17) is 29.7 Å². The van der Waals surface area contributed by atoms with E-state index in [1.807, 2.05) is 0 Å². The lowest BCUT2D eigenvalue weighted by Gasteiger charge is -2.37. The van der Waals surface area contributed by atoms with E-state index < -0.39 is 60.7 Å². The molecule has 14 nitrogen and oxygen atoms in total. The van der Waals surface area contributed by atoms with E-state index in [0.717, 1.165) is 22.2 Å². The number of ether oxygens (including phenoxy) is 4. The maximum Gasteiger partial charge on any atom is 0.407 e. The van der Waals surface area contributed by atoms with Crippen LogP contribution in [0.1, 0.15) is 114 Å². The number of nitrogens with two attached hydrogens (primary N) is 1. The zero-order chi connectivity index (χ0) is 40.7. The quantitative estimate of drug-likeness (QED) is 0.0832. The lowest BCUT2D eigenvalue weighted by atomic mass is 9.84. The van der Waals surface area contributed by atoms with Gasteiger partial charge in [-0.3, -0.25) is 15.3 Å². The second-order valence-electron chi connectivity index (χ2n) is 16.7. The van der Waals surface area contributed by atoms with Crippen molar-refractivity contribution in [3.63, 3.8) is 0 Å². The summed E-state index contributed by atoms with van der Waals surface area (Å²) in [6, 6.07) is 9.89. The number of unbranched alkanes of at least 4 members (excludes halogenated alkanes) is 1. The number of aromatic nitrogens is 2. The minimum atomic E-state index is -2.41. The summed E-state index contributed by atoms with van der Waals surface area (Å²) in [7, 11) is -2.41. The summed E-state index contributed by atoms with van der Waals surface area (Å²) in [5.74, 6) is -2.10. The molecule has 2 aliphatic heterocycles. The lowest BCUT2D eigenvalue weighted by molar-refractivity contribution is -0.193. The van der Waals surface area contributed by atoms with Crippen LogP contribution < -0.4 is 21.8 Å². The predicted octanol–water partition coefficient (Wildman–Crippen LogP) is 5.57. The number of amides is 1. The number of pyridine rings is 2. The molecule has 1 amide bonds. The van der Waals surface area contributed by atoms with Crippen LogP contribution in [0.5, 0.6) is 0 Å². The fourth-order valence-corrected chi connectivity index (χ4v) is 10.5. The summed E-state index contributed by atoms with van der Waals surface area (Å²) in [5, 5.41) is 13.7. The normalized spacial score (nSPS) is 17.7. The van der Waals surface area contributed by atoms with Crippen molar-refractivity contribution >= 4 is 48.2 Å². The number of rotatable bonds is 11. The number of alkyl carbamates (subject to hydrolysis) is 1. The van der Waals surface area contributed by atoms with Gasteiger partial charge in [0, 0.05) is 30.3 Å². The molecule has 2 unspecified atom stereocenters. The van der Waals surface area contributed by atoms with Gasteiger partial charge >= 0.3 is 24.0 Å². The fourth-order valence-electron chi connectivity index (χ4n) is 7.29. The minimum absolute atomic E-state index is 0.00115. The molecule has 3 N–H and O–H groups in total. The largest absolute Gasteiger partial charge is 0.456 e. The molecule has 0 saturated carbocycles. The fraction of sp³-hybridized carbons (Fsp3) is 0.525. The van der Waals surface area contributed by atoms with Gasteiger partial charge in [0.05, 0.1) is 48.7 Å². The molecular weight excluding hydrogens is 723 g/mol. The van der Waals surface area contributed by atoms with Crippen LogP contribution in [0.3, 0.4) is 0 Å². The molecule has 2 aliphatic rings. The van der Waals surface area contributed by atoms with Gasteiger partial charge in [-0.25, -0.2) is 19.4 Å². The van der Waals surface area contributed by atoms with Crippen LogP contribution in [0.2, 0.25) is 19.1 Å². The maximum atomic E-state index is 14.5. The van der Waals surface area contributed by atoms with Crippen LogP contribution in [-0.4, -0.2) is 59.4 Å². The molecule has 0 saturated heterocycles. The number of benzene rings is 1. The summed E-state index contributed by atoms with van der Waals surface area (Å²) in [6.07, 6.45) is -0.965. The van der Waals surface area contributed by atoms with Crippen molar-refractivity contribution in [1.82, 2.24) is 14.9 Å². The molecule has 0 radical (unpaired) electrons. The number of cyclic esters (lactones) is 1. The van der Waals surface area contributed by atoms with E-state index in [0.29, 0.717) is 35.3 Å². The first-order chi connectivity index (χ1) is 25.6. The minimum Gasteiger partial charge on any atom is -0.456 e. The van der Waals surface area contributed by atoms with E-state index in [2.05, 4.69) is 24.5 Å². The van der Waals surface area contributed by atoms with Crippen LogP contribution in [0, 0.1) is 11.3 Å². The molecule has 2 aromatic heterocycles. The average Bonchev–Trinajstić information content (AvgIpc) is 3.43. The Kier molecular flexibility index (Phi) is 11.4. The first-order valence-corrected chi connectivity index (χ1v) is 21.8. The Morgan fingerprint density at radius 3 is 2.42 bits per heavy atom. The number of nitriles is 1. The predicted molar refractivity (Wildman–Crippen MR) is 207 cm³/mol. The van der Waals surface area contributed by atoms with Crippen molar-refractivity contribution < 1.29 is 38.1 Å². The first kappa shape index (κ1) is 41.1. The lowest BCUT2D eigenvalue weighted by Crippen LogP contribution is -2.50. The highest BCUT2D eigenvalue weighted by Crippen LogP contribution is 2.43. The van der Waals surface area contributed by atoms with Crippen molar-refractivity contribution in [2.45, 2.75) is 129 Å². The molecule has 15 heteroatoms. The number of hydrogen-bond donors (Lipinski definition) is 2. The third-order valence-electron chi connectivity index (χ3n) is 9.68. The number of carbonyl (C=O) groups excluding carboxylic acids is 4. The van der Waals surface area contributed by atoms with E-state index >= 15 is 0 Å². The van der Waals surface area contributed by atoms with Gasteiger partial charge in [-0.2, -0.15) is 5.26 Å². The van der Waals surface area contributed by atoms with E-state index in [1.165, 1.54) is 0 Å². The number of carbonyl (C=O) groups is 4.